The van der Waals surface area contributed by atoms with Gasteiger partial charge in [-0.25, -0.2) is 9.07 Å². The van der Waals surface area contributed by atoms with Crippen molar-refractivity contribution in [3.8, 4) is 16.9 Å². The SMILES string of the molecule is Cc1cc(F)cc(-n2cc([C@@H]3O[C@@H](C)C(=O)N3CCc3ccc4c(c3)NC(=O)C4)c(-c3cc[nH]c3)n2)c1. The van der Waals surface area contributed by atoms with Crippen LogP contribution in [0.2, 0.25) is 0 Å². The molecular weight excluding hydrogens is 473 g/mol. The van der Waals surface area contributed by atoms with Gasteiger partial charge in [0.25, 0.3) is 5.91 Å². The number of aryl methyl sites for hydroxylation is 1. The third kappa shape index (κ3) is 4.31. The van der Waals surface area contributed by atoms with Crippen LogP contribution < -0.4 is 5.32 Å². The van der Waals surface area contributed by atoms with Crippen LogP contribution in [-0.4, -0.2) is 44.1 Å². The number of aromatic amines is 1. The third-order valence-electron chi connectivity index (χ3n) is 6.86. The van der Waals surface area contributed by atoms with E-state index in [0.717, 1.165) is 33.5 Å². The van der Waals surface area contributed by atoms with Crippen molar-refractivity contribution < 1.29 is 18.7 Å². The van der Waals surface area contributed by atoms with Crippen molar-refractivity contribution in [1.82, 2.24) is 19.7 Å². The van der Waals surface area contributed by atoms with Crippen molar-refractivity contribution in [3.05, 3.63) is 89.1 Å². The molecule has 0 aliphatic carbocycles. The summed E-state index contributed by atoms with van der Waals surface area (Å²) in [5, 5.41) is 7.65. The fraction of sp³-hybridized carbons (Fsp3) is 0.250. The number of carbonyl (C=O) groups excluding carboxylic acids is 2. The number of anilines is 1. The molecule has 0 unspecified atom stereocenters. The van der Waals surface area contributed by atoms with E-state index >= 15 is 0 Å². The van der Waals surface area contributed by atoms with Crippen LogP contribution in [0.15, 0.2) is 61.1 Å². The first-order valence-corrected chi connectivity index (χ1v) is 12.2. The Morgan fingerprint density at radius 3 is 2.81 bits per heavy atom. The van der Waals surface area contributed by atoms with E-state index in [0.29, 0.717) is 30.8 Å². The quantitative estimate of drug-likeness (QED) is 0.414. The summed E-state index contributed by atoms with van der Waals surface area (Å²) in [7, 11) is 0. The van der Waals surface area contributed by atoms with Gasteiger partial charge in [-0.2, -0.15) is 5.10 Å². The van der Waals surface area contributed by atoms with Crippen molar-refractivity contribution in [2.75, 3.05) is 11.9 Å². The molecule has 37 heavy (non-hydrogen) atoms. The number of aromatic nitrogens is 3. The Labute approximate surface area is 213 Å². The first-order valence-electron chi connectivity index (χ1n) is 12.2. The lowest BCUT2D eigenvalue weighted by atomic mass is 10.1. The van der Waals surface area contributed by atoms with Crippen LogP contribution in [0.25, 0.3) is 16.9 Å². The Balaban J connectivity index is 1.34. The van der Waals surface area contributed by atoms with Crippen molar-refractivity contribution in [2.24, 2.45) is 0 Å². The van der Waals surface area contributed by atoms with Crippen LogP contribution in [0.4, 0.5) is 10.1 Å². The molecule has 2 aromatic carbocycles. The zero-order valence-electron chi connectivity index (χ0n) is 20.5. The number of nitrogens with one attached hydrogen (secondary N) is 2. The molecule has 8 nitrogen and oxygen atoms in total. The zero-order valence-corrected chi connectivity index (χ0v) is 20.5. The molecule has 2 aliphatic heterocycles. The molecule has 0 radical (unpaired) electrons. The molecule has 0 spiro atoms. The summed E-state index contributed by atoms with van der Waals surface area (Å²) >= 11 is 0. The summed E-state index contributed by atoms with van der Waals surface area (Å²) in [4.78, 5) is 29.7. The fourth-order valence-corrected chi connectivity index (χ4v) is 5.05. The third-order valence-corrected chi connectivity index (χ3v) is 6.86. The van der Waals surface area contributed by atoms with Gasteiger partial charge in [-0.05, 0) is 67.3 Å². The van der Waals surface area contributed by atoms with Crippen LogP contribution in [-0.2, 0) is 27.2 Å². The van der Waals surface area contributed by atoms with Gasteiger partial charge >= 0.3 is 0 Å². The van der Waals surface area contributed by atoms with Gasteiger partial charge in [-0.15, -0.1) is 0 Å². The molecule has 2 N–H and O–H groups in total. The number of nitrogens with zero attached hydrogens (tertiary/aromatic N) is 3. The number of benzene rings is 2. The molecule has 0 bridgehead atoms. The van der Waals surface area contributed by atoms with Gasteiger partial charge in [0.1, 0.15) is 17.6 Å². The van der Waals surface area contributed by atoms with Crippen molar-refractivity contribution in [1.29, 1.82) is 0 Å². The topological polar surface area (TPSA) is 92.2 Å². The normalized spacial score (nSPS) is 18.9. The first-order chi connectivity index (χ1) is 17.9. The van der Waals surface area contributed by atoms with Crippen LogP contribution in [0.3, 0.4) is 0 Å². The summed E-state index contributed by atoms with van der Waals surface area (Å²) < 4.78 is 22.0. The van der Waals surface area contributed by atoms with Crippen LogP contribution >= 0.6 is 0 Å². The number of halogens is 1. The first kappa shape index (κ1) is 23.2. The van der Waals surface area contributed by atoms with E-state index in [2.05, 4.69) is 10.3 Å². The molecule has 4 heterocycles. The molecule has 2 aromatic heterocycles. The van der Waals surface area contributed by atoms with Gasteiger partial charge in [0, 0.05) is 41.9 Å². The minimum Gasteiger partial charge on any atom is -0.367 e. The average Bonchev–Trinajstić information content (AvgIpc) is 3.63. The molecular formula is C28H26FN5O3. The Morgan fingerprint density at radius 2 is 2.03 bits per heavy atom. The lowest BCUT2D eigenvalue weighted by Gasteiger charge is -2.23. The highest BCUT2D eigenvalue weighted by molar-refractivity contribution is 5.99. The summed E-state index contributed by atoms with van der Waals surface area (Å²) in [5.41, 5.74) is 6.42. The summed E-state index contributed by atoms with van der Waals surface area (Å²) in [6.45, 7) is 4.00. The largest absolute Gasteiger partial charge is 0.367 e. The van der Waals surface area contributed by atoms with Crippen LogP contribution in [0, 0.1) is 12.7 Å². The van der Waals surface area contributed by atoms with E-state index in [4.69, 9.17) is 9.84 Å². The number of H-pyrrole nitrogens is 1. The lowest BCUT2D eigenvalue weighted by Crippen LogP contribution is -2.32. The standard InChI is InChI=1S/C28H26FN5O3/c1-16-9-21(29)13-22(10-16)34-15-23(26(32-34)20-5-7-30-14-20)28-33(27(36)17(2)37-28)8-6-18-3-4-19-12-25(35)31-24(19)11-18/h3-5,7,9-11,13-15,17,28,30H,6,8,12H2,1-2H3,(H,31,35)/t17-,28-/m0/s1. The highest BCUT2D eigenvalue weighted by Crippen LogP contribution is 2.37. The molecule has 9 heteroatoms. The predicted molar refractivity (Wildman–Crippen MR) is 136 cm³/mol. The van der Waals surface area contributed by atoms with Gasteiger partial charge < -0.3 is 19.9 Å². The second kappa shape index (κ2) is 9.01. The van der Waals surface area contributed by atoms with Crippen LogP contribution in [0.1, 0.15) is 35.4 Å². The fourth-order valence-electron chi connectivity index (χ4n) is 5.05. The predicted octanol–water partition coefficient (Wildman–Crippen LogP) is 4.30. The minimum atomic E-state index is -0.648. The number of hydrogen-bond acceptors (Lipinski definition) is 4. The molecule has 1 fully saturated rings. The number of amides is 2. The maximum Gasteiger partial charge on any atom is 0.253 e. The van der Waals surface area contributed by atoms with Crippen LogP contribution in [0.5, 0.6) is 0 Å². The van der Waals surface area contributed by atoms with Crippen molar-refractivity contribution in [3.63, 3.8) is 0 Å². The van der Waals surface area contributed by atoms with Gasteiger partial charge in [-0.3, -0.25) is 9.59 Å². The number of rotatable bonds is 6. The Morgan fingerprint density at radius 1 is 1.16 bits per heavy atom. The molecule has 2 aliphatic rings. The number of ether oxygens (including phenoxy) is 1. The maximum absolute atomic E-state index is 14.2. The Bertz CT molecular complexity index is 1490. The second-order valence-electron chi connectivity index (χ2n) is 9.59. The number of hydrogen-bond donors (Lipinski definition) is 2. The van der Waals surface area contributed by atoms with Gasteiger partial charge in [0.15, 0.2) is 6.23 Å². The van der Waals surface area contributed by atoms with E-state index in [1.807, 2.05) is 49.6 Å². The van der Waals surface area contributed by atoms with Gasteiger partial charge in [0.05, 0.1) is 12.1 Å². The Hall–Kier alpha value is -4.24. The second-order valence-corrected chi connectivity index (χ2v) is 9.59. The molecule has 6 rings (SSSR count). The van der Waals surface area contributed by atoms with E-state index in [9.17, 15) is 14.0 Å². The molecule has 4 aromatic rings. The summed E-state index contributed by atoms with van der Waals surface area (Å²) in [6.07, 6.45) is 5.18. The monoisotopic (exact) mass is 499 g/mol. The average molecular weight is 500 g/mol. The van der Waals surface area contributed by atoms with E-state index < -0.39 is 12.3 Å². The van der Waals surface area contributed by atoms with Crippen molar-refractivity contribution >= 4 is 17.5 Å². The van der Waals surface area contributed by atoms with E-state index in [1.165, 1.54) is 12.1 Å². The highest BCUT2D eigenvalue weighted by Gasteiger charge is 2.40. The number of fused-ring (bicyclic) bond motifs is 1. The van der Waals surface area contributed by atoms with Gasteiger partial charge in [0.2, 0.25) is 5.91 Å². The highest BCUT2D eigenvalue weighted by atomic mass is 19.1. The summed E-state index contributed by atoms with van der Waals surface area (Å²) in [6, 6.07) is 12.6. The molecule has 1 saturated heterocycles. The lowest BCUT2D eigenvalue weighted by molar-refractivity contribution is -0.130. The molecule has 188 valence electrons. The Kier molecular flexibility index (Phi) is 5.64. The van der Waals surface area contributed by atoms with E-state index in [1.54, 1.807) is 22.7 Å². The summed E-state index contributed by atoms with van der Waals surface area (Å²) in [5.74, 6) is -0.455. The molecule has 2 atom stereocenters. The zero-order chi connectivity index (χ0) is 25.7. The smallest absolute Gasteiger partial charge is 0.253 e. The minimum absolute atomic E-state index is 0.00745. The molecule has 2 amide bonds. The number of carbonyl (C=O) groups is 2. The molecule has 0 saturated carbocycles. The van der Waals surface area contributed by atoms with E-state index in [-0.39, 0.29) is 17.6 Å². The van der Waals surface area contributed by atoms with Gasteiger partial charge in [-0.1, -0.05) is 12.1 Å². The van der Waals surface area contributed by atoms with Crippen molar-refractivity contribution in [2.45, 2.75) is 39.0 Å². The maximum atomic E-state index is 14.2.